The Labute approximate surface area is 124 Å². The fourth-order valence-corrected chi connectivity index (χ4v) is 1.79. The Balaban J connectivity index is 2.87. The number of halogens is 3. The summed E-state index contributed by atoms with van der Waals surface area (Å²) < 4.78 is 37.3. The fraction of sp³-hybridized carbons (Fsp3) is 0.357. The van der Waals surface area contributed by atoms with Gasteiger partial charge in [0.2, 0.25) is 5.91 Å². The Morgan fingerprint density at radius 1 is 1.32 bits per heavy atom. The van der Waals surface area contributed by atoms with Gasteiger partial charge in [0.05, 0.1) is 11.6 Å². The Hall–Kier alpha value is -2.56. The molecule has 1 rings (SSSR count). The minimum atomic E-state index is -4.49. The molecule has 0 heterocycles. The fourth-order valence-electron chi connectivity index (χ4n) is 1.79. The van der Waals surface area contributed by atoms with Crippen molar-refractivity contribution < 1.29 is 22.8 Å². The first-order chi connectivity index (χ1) is 10.2. The van der Waals surface area contributed by atoms with Gasteiger partial charge in [0.1, 0.15) is 6.04 Å². The van der Waals surface area contributed by atoms with E-state index in [1.807, 2.05) is 6.07 Å². The van der Waals surface area contributed by atoms with E-state index in [0.29, 0.717) is 0 Å². The lowest BCUT2D eigenvalue weighted by Gasteiger charge is -2.20. The number of hydrogen-bond donors (Lipinski definition) is 2. The molecule has 0 bridgehead atoms. The highest BCUT2D eigenvalue weighted by Gasteiger charge is 2.30. The second-order valence-electron chi connectivity index (χ2n) is 4.77. The van der Waals surface area contributed by atoms with Crippen molar-refractivity contribution in [3.05, 3.63) is 35.4 Å². The lowest BCUT2D eigenvalue weighted by molar-refractivity contribution is -0.137. The van der Waals surface area contributed by atoms with Crippen LogP contribution in [0.15, 0.2) is 24.3 Å². The Kier molecular flexibility index (Phi) is 5.51. The van der Waals surface area contributed by atoms with Crippen LogP contribution in [0.2, 0.25) is 0 Å². The highest BCUT2D eigenvalue weighted by atomic mass is 19.4. The number of nitriles is 1. The highest BCUT2D eigenvalue weighted by molar-refractivity contribution is 5.97. The second kappa shape index (κ2) is 6.93. The molecule has 0 radical (unpaired) electrons. The molecule has 0 aliphatic carbocycles. The van der Waals surface area contributed by atoms with Crippen molar-refractivity contribution in [2.24, 2.45) is 11.7 Å². The number of nitrogens with zero attached hydrogens (tertiary/aromatic N) is 1. The summed E-state index contributed by atoms with van der Waals surface area (Å²) in [5.74, 6) is -2.06. The molecule has 0 unspecified atom stereocenters. The van der Waals surface area contributed by atoms with Gasteiger partial charge in [0.25, 0.3) is 5.91 Å². The topological polar surface area (TPSA) is 96.0 Å². The molecule has 0 saturated heterocycles. The van der Waals surface area contributed by atoms with Crippen LogP contribution >= 0.6 is 0 Å². The van der Waals surface area contributed by atoms with Crippen molar-refractivity contribution in [2.75, 3.05) is 0 Å². The van der Waals surface area contributed by atoms with Crippen molar-refractivity contribution >= 4 is 11.8 Å². The molecule has 2 atom stereocenters. The lowest BCUT2D eigenvalue weighted by Crippen LogP contribution is -2.48. The largest absolute Gasteiger partial charge is 0.416 e. The van der Waals surface area contributed by atoms with Gasteiger partial charge in [-0.15, -0.1) is 0 Å². The van der Waals surface area contributed by atoms with Gasteiger partial charge in [-0.1, -0.05) is 6.92 Å². The molecule has 0 aliphatic heterocycles. The summed E-state index contributed by atoms with van der Waals surface area (Å²) in [6.07, 6.45) is -4.49. The number of primary amides is 1. The quantitative estimate of drug-likeness (QED) is 0.868. The third-order valence-corrected chi connectivity index (χ3v) is 3.05. The zero-order chi connectivity index (χ0) is 16.9. The highest BCUT2D eigenvalue weighted by Crippen LogP contribution is 2.29. The van der Waals surface area contributed by atoms with E-state index in [9.17, 15) is 22.8 Å². The predicted molar refractivity (Wildman–Crippen MR) is 71.3 cm³/mol. The maximum Gasteiger partial charge on any atom is 0.416 e. The molecule has 8 heteroatoms. The van der Waals surface area contributed by atoms with Gasteiger partial charge in [-0.3, -0.25) is 9.59 Å². The van der Waals surface area contributed by atoms with Crippen LogP contribution in [-0.4, -0.2) is 17.9 Å². The molecular weight excluding hydrogens is 299 g/mol. The van der Waals surface area contributed by atoms with E-state index in [1.165, 1.54) is 0 Å². The van der Waals surface area contributed by atoms with Crippen molar-refractivity contribution in [3.63, 3.8) is 0 Å². The maximum absolute atomic E-state index is 12.4. The van der Waals surface area contributed by atoms with Crippen LogP contribution in [0, 0.1) is 17.2 Å². The number of carbonyl (C=O) groups excluding carboxylic acids is 2. The minimum Gasteiger partial charge on any atom is -0.368 e. The number of nitrogens with two attached hydrogens (primary N) is 1. The Morgan fingerprint density at radius 2 is 1.86 bits per heavy atom. The Morgan fingerprint density at radius 3 is 2.27 bits per heavy atom. The molecule has 1 aromatic carbocycles. The van der Waals surface area contributed by atoms with Crippen LogP contribution in [0.5, 0.6) is 0 Å². The SMILES string of the molecule is C[C@H](CC#N)[C@H](NC(=O)c1ccc(C(F)(F)F)cc1)C(N)=O. The van der Waals surface area contributed by atoms with E-state index in [2.05, 4.69) is 5.32 Å². The molecular formula is C14H14F3N3O2. The second-order valence-corrected chi connectivity index (χ2v) is 4.77. The number of carbonyl (C=O) groups is 2. The first-order valence-electron chi connectivity index (χ1n) is 6.31. The number of amides is 2. The van der Waals surface area contributed by atoms with Crippen molar-refractivity contribution in [1.82, 2.24) is 5.32 Å². The third kappa shape index (κ3) is 4.48. The minimum absolute atomic E-state index is 0.000891. The van der Waals surface area contributed by atoms with Gasteiger partial charge in [-0.2, -0.15) is 18.4 Å². The van der Waals surface area contributed by atoms with Gasteiger partial charge in [0, 0.05) is 12.0 Å². The summed E-state index contributed by atoms with van der Waals surface area (Å²) in [6, 6.07) is 4.33. The molecule has 0 saturated carbocycles. The monoisotopic (exact) mass is 313 g/mol. The molecule has 2 amide bonds. The molecule has 0 aliphatic rings. The molecule has 0 spiro atoms. The summed E-state index contributed by atoms with van der Waals surface area (Å²) in [5, 5.41) is 10.9. The van der Waals surface area contributed by atoms with E-state index in [-0.39, 0.29) is 12.0 Å². The first-order valence-corrected chi connectivity index (χ1v) is 6.31. The van der Waals surface area contributed by atoms with E-state index < -0.39 is 35.5 Å². The van der Waals surface area contributed by atoms with E-state index in [0.717, 1.165) is 24.3 Å². The predicted octanol–water partition coefficient (Wildman–Crippen LogP) is 1.84. The molecule has 0 fully saturated rings. The summed E-state index contributed by atoms with van der Waals surface area (Å²) in [4.78, 5) is 23.3. The van der Waals surface area contributed by atoms with Crippen molar-refractivity contribution in [3.8, 4) is 6.07 Å². The van der Waals surface area contributed by atoms with Gasteiger partial charge in [0.15, 0.2) is 0 Å². The molecule has 0 aromatic heterocycles. The van der Waals surface area contributed by atoms with Gasteiger partial charge >= 0.3 is 6.18 Å². The molecule has 5 nitrogen and oxygen atoms in total. The zero-order valence-electron chi connectivity index (χ0n) is 11.6. The van der Waals surface area contributed by atoms with Crippen LogP contribution in [0.25, 0.3) is 0 Å². The molecule has 1 aromatic rings. The van der Waals surface area contributed by atoms with Crippen molar-refractivity contribution in [1.29, 1.82) is 5.26 Å². The summed E-state index contributed by atoms with van der Waals surface area (Å²) in [7, 11) is 0. The first kappa shape index (κ1) is 17.5. The van der Waals surface area contributed by atoms with Crippen LogP contribution in [0.4, 0.5) is 13.2 Å². The van der Waals surface area contributed by atoms with E-state index >= 15 is 0 Å². The number of nitrogens with one attached hydrogen (secondary N) is 1. The summed E-state index contributed by atoms with van der Waals surface area (Å²) >= 11 is 0. The summed E-state index contributed by atoms with van der Waals surface area (Å²) in [6.45, 7) is 1.56. The van der Waals surface area contributed by atoms with Gasteiger partial charge < -0.3 is 11.1 Å². The lowest BCUT2D eigenvalue weighted by atomic mass is 9.98. The van der Waals surface area contributed by atoms with Crippen LogP contribution in [0.3, 0.4) is 0 Å². The molecule has 3 N–H and O–H groups in total. The van der Waals surface area contributed by atoms with E-state index in [4.69, 9.17) is 11.0 Å². The number of benzene rings is 1. The number of rotatable bonds is 5. The number of alkyl halides is 3. The van der Waals surface area contributed by atoms with Crippen LogP contribution in [-0.2, 0) is 11.0 Å². The van der Waals surface area contributed by atoms with Gasteiger partial charge in [-0.25, -0.2) is 0 Å². The molecule has 118 valence electrons. The standard InChI is InChI=1S/C14H14F3N3O2/c1-8(6-7-18)11(12(19)21)20-13(22)9-2-4-10(5-3-9)14(15,16)17/h2-5,8,11H,6H2,1H3,(H2,19,21)(H,20,22)/t8-,11+/m1/s1. The number of hydrogen-bond acceptors (Lipinski definition) is 3. The van der Waals surface area contributed by atoms with Crippen LogP contribution < -0.4 is 11.1 Å². The smallest absolute Gasteiger partial charge is 0.368 e. The Bertz CT molecular complexity index is 591. The van der Waals surface area contributed by atoms with E-state index in [1.54, 1.807) is 6.92 Å². The zero-order valence-corrected chi connectivity index (χ0v) is 11.6. The van der Waals surface area contributed by atoms with Gasteiger partial charge in [-0.05, 0) is 30.2 Å². The maximum atomic E-state index is 12.4. The summed E-state index contributed by atoms with van der Waals surface area (Å²) in [5.41, 5.74) is 4.24. The third-order valence-electron chi connectivity index (χ3n) is 3.05. The average Bonchev–Trinajstić information content (AvgIpc) is 2.43. The normalized spacial score (nSPS) is 13.8. The van der Waals surface area contributed by atoms with Crippen LogP contribution in [0.1, 0.15) is 29.3 Å². The van der Waals surface area contributed by atoms with Crippen molar-refractivity contribution in [2.45, 2.75) is 25.6 Å². The average molecular weight is 313 g/mol. The molecule has 22 heavy (non-hydrogen) atoms.